The van der Waals surface area contributed by atoms with Gasteiger partial charge in [-0.3, -0.25) is 0 Å². The van der Waals surface area contributed by atoms with Gasteiger partial charge in [0.15, 0.2) is 0 Å². The van der Waals surface area contributed by atoms with Gasteiger partial charge < -0.3 is 5.73 Å². The molecule has 0 aliphatic rings. The highest BCUT2D eigenvalue weighted by Gasteiger charge is 2.16. The molecule has 0 bridgehead atoms. The maximum atomic E-state index is 6.45. The minimum Gasteiger partial charge on any atom is -0.398 e. The second-order valence-electron chi connectivity index (χ2n) is 5.71. The molecule has 19 heavy (non-hydrogen) atoms. The summed E-state index contributed by atoms with van der Waals surface area (Å²) >= 11 is 0. The Balaban J connectivity index is 2.71. The van der Waals surface area contributed by atoms with E-state index < -0.39 is 0 Å². The summed E-state index contributed by atoms with van der Waals surface area (Å²) in [5.74, 6) is 0.919. The van der Waals surface area contributed by atoms with E-state index in [2.05, 4.69) is 64.1 Å². The third-order valence-electron chi connectivity index (χ3n) is 3.62. The summed E-state index contributed by atoms with van der Waals surface area (Å²) in [6.07, 6.45) is 0. The van der Waals surface area contributed by atoms with Crippen molar-refractivity contribution in [1.82, 2.24) is 0 Å². The summed E-state index contributed by atoms with van der Waals surface area (Å²) < 4.78 is 0. The minimum absolute atomic E-state index is 0.448. The summed E-state index contributed by atoms with van der Waals surface area (Å²) in [7, 11) is 0. The molecule has 0 fully saturated rings. The van der Waals surface area contributed by atoms with Crippen molar-refractivity contribution in [3.05, 3.63) is 53.6 Å². The van der Waals surface area contributed by atoms with Crippen molar-refractivity contribution >= 4 is 5.69 Å². The summed E-state index contributed by atoms with van der Waals surface area (Å²) in [5.41, 5.74) is 12.4. The Labute approximate surface area is 116 Å². The zero-order valence-corrected chi connectivity index (χ0v) is 12.3. The smallest absolute Gasteiger partial charge is 0.0431 e. The zero-order chi connectivity index (χ0) is 14.0. The fourth-order valence-electron chi connectivity index (χ4n) is 2.56. The second kappa shape index (κ2) is 5.48. The Bertz CT molecular complexity index is 553. The molecule has 0 heterocycles. The third kappa shape index (κ3) is 2.65. The molecule has 0 aliphatic carbocycles. The first-order chi connectivity index (χ1) is 9.02. The predicted octanol–water partition coefficient (Wildman–Crippen LogP) is 5.18. The van der Waals surface area contributed by atoms with Gasteiger partial charge >= 0.3 is 0 Å². The van der Waals surface area contributed by atoms with Crippen molar-refractivity contribution in [2.45, 2.75) is 39.5 Å². The van der Waals surface area contributed by atoms with Crippen LogP contribution in [-0.2, 0) is 0 Å². The molecule has 2 rings (SSSR count). The van der Waals surface area contributed by atoms with Crippen LogP contribution in [-0.4, -0.2) is 0 Å². The highest BCUT2D eigenvalue weighted by Crippen LogP contribution is 2.38. The van der Waals surface area contributed by atoms with Gasteiger partial charge in [0.05, 0.1) is 0 Å². The van der Waals surface area contributed by atoms with Crippen LogP contribution in [0.25, 0.3) is 11.1 Å². The van der Waals surface area contributed by atoms with Crippen LogP contribution in [0.3, 0.4) is 0 Å². The first kappa shape index (κ1) is 13.7. The molecule has 0 saturated heterocycles. The molecule has 100 valence electrons. The molecule has 0 atom stereocenters. The molecule has 0 radical (unpaired) electrons. The molecule has 1 heteroatoms. The van der Waals surface area contributed by atoms with Crippen LogP contribution in [0.1, 0.15) is 50.7 Å². The number of hydrogen-bond acceptors (Lipinski definition) is 1. The van der Waals surface area contributed by atoms with E-state index in [1.165, 1.54) is 22.3 Å². The van der Waals surface area contributed by atoms with Crippen LogP contribution in [0.15, 0.2) is 42.5 Å². The molecule has 2 aromatic rings. The van der Waals surface area contributed by atoms with Gasteiger partial charge in [-0.2, -0.15) is 0 Å². The van der Waals surface area contributed by atoms with Crippen molar-refractivity contribution in [3.8, 4) is 11.1 Å². The van der Waals surface area contributed by atoms with Crippen LogP contribution < -0.4 is 5.73 Å². The van der Waals surface area contributed by atoms with E-state index in [-0.39, 0.29) is 0 Å². The lowest BCUT2D eigenvalue weighted by Crippen LogP contribution is -2.03. The summed E-state index contributed by atoms with van der Waals surface area (Å²) in [6.45, 7) is 8.82. The van der Waals surface area contributed by atoms with Crippen molar-refractivity contribution < 1.29 is 0 Å². The SMILES string of the molecule is CC(C)c1ccc(C(C)C)c(-c2ccccc2)c1N. The number of nitrogen functional groups attached to an aromatic ring is 1. The molecule has 1 nitrogen and oxygen atoms in total. The molecular formula is C18H23N. The van der Waals surface area contributed by atoms with E-state index in [0.717, 1.165) is 5.69 Å². The molecule has 0 aromatic heterocycles. The summed E-state index contributed by atoms with van der Waals surface area (Å²) in [4.78, 5) is 0. The van der Waals surface area contributed by atoms with Crippen LogP contribution in [0.5, 0.6) is 0 Å². The highest BCUT2D eigenvalue weighted by molar-refractivity contribution is 5.82. The molecule has 0 spiro atoms. The number of hydrogen-bond donors (Lipinski definition) is 1. The van der Waals surface area contributed by atoms with Crippen molar-refractivity contribution in [2.24, 2.45) is 0 Å². The maximum absolute atomic E-state index is 6.45. The minimum atomic E-state index is 0.448. The second-order valence-corrected chi connectivity index (χ2v) is 5.71. The normalized spacial score (nSPS) is 11.3. The topological polar surface area (TPSA) is 26.0 Å². The van der Waals surface area contributed by atoms with E-state index in [4.69, 9.17) is 5.73 Å². The molecule has 0 aliphatic heterocycles. The number of benzene rings is 2. The quantitative estimate of drug-likeness (QED) is 0.749. The van der Waals surface area contributed by atoms with Crippen molar-refractivity contribution in [2.75, 3.05) is 5.73 Å². The van der Waals surface area contributed by atoms with Gasteiger partial charge in [-0.15, -0.1) is 0 Å². The van der Waals surface area contributed by atoms with Crippen LogP contribution in [0, 0.1) is 0 Å². The van der Waals surface area contributed by atoms with E-state index in [9.17, 15) is 0 Å². The van der Waals surface area contributed by atoms with Gasteiger partial charge in [0.1, 0.15) is 0 Å². The Morgan fingerprint density at radius 3 is 1.79 bits per heavy atom. The van der Waals surface area contributed by atoms with Crippen LogP contribution >= 0.6 is 0 Å². The Kier molecular flexibility index (Phi) is 3.94. The average Bonchev–Trinajstić information content (AvgIpc) is 2.38. The fourth-order valence-corrected chi connectivity index (χ4v) is 2.56. The van der Waals surface area contributed by atoms with Gasteiger partial charge in [0.25, 0.3) is 0 Å². The molecule has 2 N–H and O–H groups in total. The molecule has 2 aromatic carbocycles. The zero-order valence-electron chi connectivity index (χ0n) is 12.3. The van der Waals surface area contributed by atoms with E-state index in [0.29, 0.717) is 11.8 Å². The average molecular weight is 253 g/mol. The van der Waals surface area contributed by atoms with E-state index >= 15 is 0 Å². The van der Waals surface area contributed by atoms with Gasteiger partial charge in [-0.1, -0.05) is 70.2 Å². The summed E-state index contributed by atoms with van der Waals surface area (Å²) in [6, 6.07) is 14.9. The number of anilines is 1. The Hall–Kier alpha value is -1.76. The highest BCUT2D eigenvalue weighted by atomic mass is 14.6. The van der Waals surface area contributed by atoms with Crippen LogP contribution in [0.2, 0.25) is 0 Å². The number of nitrogens with two attached hydrogens (primary N) is 1. The largest absolute Gasteiger partial charge is 0.398 e. The van der Waals surface area contributed by atoms with Crippen molar-refractivity contribution in [1.29, 1.82) is 0 Å². The molecule has 0 saturated carbocycles. The lowest BCUT2D eigenvalue weighted by atomic mass is 9.87. The Morgan fingerprint density at radius 1 is 0.737 bits per heavy atom. The number of rotatable bonds is 3. The Morgan fingerprint density at radius 2 is 1.26 bits per heavy atom. The first-order valence-corrected chi connectivity index (χ1v) is 7.00. The molecule has 0 unspecified atom stereocenters. The first-order valence-electron chi connectivity index (χ1n) is 7.00. The lowest BCUT2D eigenvalue weighted by molar-refractivity contribution is 0.850. The third-order valence-corrected chi connectivity index (χ3v) is 3.62. The van der Waals surface area contributed by atoms with Gasteiger partial charge in [0, 0.05) is 11.3 Å². The monoisotopic (exact) mass is 253 g/mol. The fraction of sp³-hybridized carbons (Fsp3) is 0.333. The van der Waals surface area contributed by atoms with Gasteiger partial charge in [-0.25, -0.2) is 0 Å². The molecule has 0 amide bonds. The standard InChI is InChI=1S/C18H23N/c1-12(2)15-10-11-16(13(3)4)18(19)17(15)14-8-6-5-7-9-14/h5-13H,19H2,1-4H3. The van der Waals surface area contributed by atoms with Crippen molar-refractivity contribution in [3.63, 3.8) is 0 Å². The molecular weight excluding hydrogens is 230 g/mol. The maximum Gasteiger partial charge on any atom is 0.0431 e. The van der Waals surface area contributed by atoms with Gasteiger partial charge in [0.2, 0.25) is 0 Å². The van der Waals surface area contributed by atoms with E-state index in [1.54, 1.807) is 0 Å². The summed E-state index contributed by atoms with van der Waals surface area (Å²) in [5, 5.41) is 0. The van der Waals surface area contributed by atoms with E-state index in [1.807, 2.05) is 6.07 Å². The van der Waals surface area contributed by atoms with Gasteiger partial charge in [-0.05, 0) is 28.5 Å². The lowest BCUT2D eigenvalue weighted by Gasteiger charge is -2.20. The predicted molar refractivity (Wildman–Crippen MR) is 84.5 cm³/mol. The van der Waals surface area contributed by atoms with Crippen LogP contribution in [0.4, 0.5) is 5.69 Å².